The van der Waals surface area contributed by atoms with Crippen LogP contribution in [0.3, 0.4) is 0 Å². The van der Waals surface area contributed by atoms with Gasteiger partial charge in [-0.15, -0.1) is 0 Å². The monoisotopic (exact) mass is 186 g/mol. The van der Waals surface area contributed by atoms with E-state index >= 15 is 0 Å². The van der Waals surface area contributed by atoms with Crippen molar-refractivity contribution in [3.8, 4) is 0 Å². The van der Waals surface area contributed by atoms with Gasteiger partial charge in [0.2, 0.25) is 0 Å². The smallest absolute Gasteiger partial charge is 0.165 e. The van der Waals surface area contributed by atoms with E-state index < -0.39 is 11.4 Å². The highest BCUT2D eigenvalue weighted by Gasteiger charge is 2.50. The lowest BCUT2D eigenvalue weighted by molar-refractivity contribution is -0.152. The molecule has 0 bridgehead atoms. The zero-order valence-corrected chi connectivity index (χ0v) is 8.38. The predicted octanol–water partition coefficient (Wildman–Crippen LogP) is 1.30. The highest BCUT2D eigenvalue weighted by atomic mass is 16.7. The lowest BCUT2D eigenvalue weighted by Crippen LogP contribution is -2.28. The summed E-state index contributed by atoms with van der Waals surface area (Å²) in [5, 5.41) is 9.86. The van der Waals surface area contributed by atoms with E-state index in [2.05, 4.69) is 6.92 Å². The molecule has 1 saturated heterocycles. The largest absolute Gasteiger partial charge is 0.390 e. The molecule has 2 atom stereocenters. The van der Waals surface area contributed by atoms with Crippen LogP contribution in [0.5, 0.6) is 0 Å². The van der Waals surface area contributed by atoms with Gasteiger partial charge in [-0.05, 0) is 25.7 Å². The zero-order valence-electron chi connectivity index (χ0n) is 8.38. The molecule has 2 aliphatic rings. The molecule has 0 aromatic heterocycles. The van der Waals surface area contributed by atoms with E-state index in [0.717, 1.165) is 19.3 Å². The summed E-state index contributed by atoms with van der Waals surface area (Å²) in [7, 11) is 0. The molecule has 0 aromatic carbocycles. The van der Waals surface area contributed by atoms with E-state index in [1.54, 1.807) is 0 Å². The molecule has 1 aliphatic heterocycles. The van der Waals surface area contributed by atoms with Gasteiger partial charge < -0.3 is 14.6 Å². The number of hydrogen-bond donors (Lipinski definition) is 1. The van der Waals surface area contributed by atoms with Crippen LogP contribution in [-0.2, 0) is 9.47 Å². The third-order valence-corrected chi connectivity index (χ3v) is 3.33. The summed E-state index contributed by atoms with van der Waals surface area (Å²) in [4.78, 5) is 0. The van der Waals surface area contributed by atoms with Crippen LogP contribution in [0.4, 0.5) is 0 Å². The molecule has 1 N–H and O–H groups in total. The fourth-order valence-corrected chi connectivity index (χ4v) is 1.96. The fourth-order valence-electron chi connectivity index (χ4n) is 1.96. The van der Waals surface area contributed by atoms with Crippen molar-refractivity contribution in [2.75, 3.05) is 13.2 Å². The van der Waals surface area contributed by atoms with Gasteiger partial charge in [0.25, 0.3) is 0 Å². The van der Waals surface area contributed by atoms with Crippen LogP contribution in [0.2, 0.25) is 0 Å². The second-order valence-electron chi connectivity index (χ2n) is 4.54. The number of ether oxygens (including phenoxy) is 2. The second-order valence-corrected chi connectivity index (χ2v) is 4.54. The number of hydrogen-bond acceptors (Lipinski definition) is 3. The van der Waals surface area contributed by atoms with E-state index in [0.29, 0.717) is 19.1 Å². The van der Waals surface area contributed by atoms with Crippen LogP contribution < -0.4 is 0 Å². The molecule has 3 nitrogen and oxygen atoms in total. The lowest BCUT2D eigenvalue weighted by Gasteiger charge is -2.23. The summed E-state index contributed by atoms with van der Waals surface area (Å²) >= 11 is 0. The molecule has 0 aromatic rings. The Labute approximate surface area is 79.0 Å². The summed E-state index contributed by atoms with van der Waals surface area (Å²) in [6, 6.07) is 0. The Bertz CT molecular complexity index is 198. The maximum absolute atomic E-state index is 9.86. The standard InChI is InChI=1S/C10H18O3/c1-8-7-10(8,11)4-3-9(2)12-5-6-13-9/h8,11H,3-7H2,1-2H3/t8-,10-/m1/s1. The second kappa shape index (κ2) is 2.94. The first kappa shape index (κ1) is 9.44. The molecule has 0 radical (unpaired) electrons. The van der Waals surface area contributed by atoms with Gasteiger partial charge in [0, 0.05) is 6.42 Å². The molecule has 2 rings (SSSR count). The van der Waals surface area contributed by atoms with Crippen LogP contribution >= 0.6 is 0 Å². The summed E-state index contributed by atoms with van der Waals surface area (Å²) < 4.78 is 10.9. The van der Waals surface area contributed by atoms with Crippen molar-refractivity contribution >= 4 is 0 Å². The summed E-state index contributed by atoms with van der Waals surface area (Å²) in [6.07, 6.45) is 2.53. The van der Waals surface area contributed by atoms with E-state index in [9.17, 15) is 5.11 Å². The van der Waals surface area contributed by atoms with Crippen molar-refractivity contribution in [1.82, 2.24) is 0 Å². The Morgan fingerprint density at radius 3 is 2.31 bits per heavy atom. The molecule has 0 spiro atoms. The molecule has 3 heteroatoms. The summed E-state index contributed by atoms with van der Waals surface area (Å²) in [5.74, 6) is 0.0235. The van der Waals surface area contributed by atoms with E-state index in [-0.39, 0.29) is 0 Å². The molecule has 0 unspecified atom stereocenters. The quantitative estimate of drug-likeness (QED) is 0.722. The molecule has 0 amide bonds. The number of aliphatic hydroxyl groups is 1. The minimum absolute atomic E-state index is 0.418. The number of rotatable bonds is 3. The van der Waals surface area contributed by atoms with E-state index in [4.69, 9.17) is 9.47 Å². The molecule has 2 fully saturated rings. The van der Waals surface area contributed by atoms with E-state index in [1.165, 1.54) is 0 Å². The molecule has 1 aliphatic carbocycles. The van der Waals surface area contributed by atoms with Crippen molar-refractivity contribution in [1.29, 1.82) is 0 Å². The van der Waals surface area contributed by atoms with Gasteiger partial charge in [-0.3, -0.25) is 0 Å². The average Bonchev–Trinajstić information content (AvgIpc) is 2.47. The Morgan fingerprint density at radius 2 is 1.85 bits per heavy atom. The SMILES string of the molecule is C[C@@H]1C[C@]1(O)CCC1(C)OCCO1. The first-order valence-corrected chi connectivity index (χ1v) is 5.04. The van der Waals surface area contributed by atoms with Gasteiger partial charge in [-0.2, -0.15) is 0 Å². The van der Waals surface area contributed by atoms with Crippen molar-refractivity contribution < 1.29 is 14.6 Å². The first-order chi connectivity index (χ1) is 6.04. The van der Waals surface area contributed by atoms with Crippen LogP contribution in [0.1, 0.15) is 33.1 Å². The van der Waals surface area contributed by atoms with Gasteiger partial charge in [0.1, 0.15) is 0 Å². The summed E-state index contributed by atoms with van der Waals surface area (Å²) in [6.45, 7) is 5.41. The average molecular weight is 186 g/mol. The minimum atomic E-state index is -0.432. The van der Waals surface area contributed by atoms with Crippen molar-refractivity contribution in [3.63, 3.8) is 0 Å². The maximum atomic E-state index is 9.86. The van der Waals surface area contributed by atoms with Crippen LogP contribution in [0.25, 0.3) is 0 Å². The molecule has 13 heavy (non-hydrogen) atoms. The van der Waals surface area contributed by atoms with E-state index in [1.807, 2.05) is 6.92 Å². The molecular weight excluding hydrogens is 168 g/mol. The van der Waals surface area contributed by atoms with Crippen molar-refractivity contribution in [2.24, 2.45) is 5.92 Å². The zero-order chi connectivity index (χ0) is 9.53. The minimum Gasteiger partial charge on any atom is -0.390 e. The van der Waals surface area contributed by atoms with Gasteiger partial charge >= 0.3 is 0 Å². The van der Waals surface area contributed by atoms with Gasteiger partial charge in [0.15, 0.2) is 5.79 Å². The lowest BCUT2D eigenvalue weighted by atomic mass is 10.1. The fraction of sp³-hybridized carbons (Fsp3) is 1.00. The Morgan fingerprint density at radius 1 is 1.31 bits per heavy atom. The molecule has 76 valence electrons. The van der Waals surface area contributed by atoms with Crippen molar-refractivity contribution in [3.05, 3.63) is 0 Å². The van der Waals surface area contributed by atoms with Gasteiger partial charge in [-0.25, -0.2) is 0 Å². The third-order valence-electron chi connectivity index (χ3n) is 3.33. The van der Waals surface area contributed by atoms with Gasteiger partial charge in [0.05, 0.1) is 18.8 Å². The highest BCUT2D eigenvalue weighted by molar-refractivity contribution is 5.01. The predicted molar refractivity (Wildman–Crippen MR) is 48.3 cm³/mol. The molecular formula is C10H18O3. The Balaban J connectivity index is 1.79. The highest BCUT2D eigenvalue weighted by Crippen LogP contribution is 2.47. The van der Waals surface area contributed by atoms with Gasteiger partial charge in [-0.1, -0.05) is 6.92 Å². The molecule has 1 heterocycles. The van der Waals surface area contributed by atoms with Crippen LogP contribution in [0, 0.1) is 5.92 Å². The van der Waals surface area contributed by atoms with Crippen molar-refractivity contribution in [2.45, 2.75) is 44.5 Å². The maximum Gasteiger partial charge on any atom is 0.165 e. The third kappa shape index (κ3) is 1.87. The first-order valence-electron chi connectivity index (χ1n) is 5.04. The Hall–Kier alpha value is -0.120. The normalized spacial score (nSPS) is 42.2. The topological polar surface area (TPSA) is 38.7 Å². The summed E-state index contributed by atoms with van der Waals surface area (Å²) in [5.41, 5.74) is -0.418. The molecule has 1 saturated carbocycles. The van der Waals surface area contributed by atoms with Crippen LogP contribution in [0.15, 0.2) is 0 Å². The van der Waals surface area contributed by atoms with Crippen LogP contribution in [-0.4, -0.2) is 29.7 Å². The Kier molecular flexibility index (Phi) is 2.13.